The molecule has 0 aromatic heterocycles. The number of hydrogen-bond donors (Lipinski definition) is 1. The number of nitrogens with zero attached hydrogens (tertiary/aromatic N) is 1. The van der Waals surface area contributed by atoms with E-state index in [4.69, 9.17) is 23.2 Å². The van der Waals surface area contributed by atoms with Gasteiger partial charge in [0, 0.05) is 22.5 Å². The van der Waals surface area contributed by atoms with Crippen LogP contribution in [0.4, 0.5) is 0 Å². The van der Waals surface area contributed by atoms with E-state index in [-0.39, 0.29) is 21.5 Å². The van der Waals surface area contributed by atoms with Gasteiger partial charge in [-0.1, -0.05) is 35.3 Å². The van der Waals surface area contributed by atoms with Crippen molar-refractivity contribution in [2.24, 2.45) is 0 Å². The largest absolute Gasteiger partial charge is 0.480 e. The molecule has 154 valence electrons. The molecule has 1 heterocycles. The number of methoxy groups -OCH3 is 1. The van der Waals surface area contributed by atoms with Gasteiger partial charge in [0.05, 0.1) is 17.6 Å². The summed E-state index contributed by atoms with van der Waals surface area (Å²) in [6.07, 6.45) is 0.308. The molecule has 1 fully saturated rings. The topological polar surface area (TPSA) is 101 Å². The molecule has 0 radical (unpaired) electrons. The van der Waals surface area contributed by atoms with Gasteiger partial charge < -0.3 is 9.84 Å². The van der Waals surface area contributed by atoms with Crippen LogP contribution in [0.1, 0.15) is 28.3 Å². The maximum Gasteiger partial charge on any atom is 0.337 e. The van der Waals surface area contributed by atoms with Gasteiger partial charge >= 0.3 is 11.9 Å². The first-order valence-corrected chi connectivity index (χ1v) is 10.7. The number of hydrogen-bond acceptors (Lipinski definition) is 5. The molecule has 1 unspecified atom stereocenters. The molecule has 0 amide bonds. The van der Waals surface area contributed by atoms with Gasteiger partial charge in [-0.2, -0.15) is 4.31 Å². The minimum atomic E-state index is -4.13. The van der Waals surface area contributed by atoms with E-state index in [1.165, 1.54) is 37.4 Å². The molecule has 7 nitrogen and oxygen atoms in total. The summed E-state index contributed by atoms with van der Waals surface area (Å²) in [6, 6.07) is 8.83. The predicted molar refractivity (Wildman–Crippen MR) is 107 cm³/mol. The Kier molecular flexibility index (Phi) is 6.19. The highest BCUT2D eigenvalue weighted by Gasteiger charge is 2.46. The molecule has 2 aromatic rings. The fourth-order valence-corrected chi connectivity index (χ4v) is 5.83. The number of rotatable bonds is 5. The van der Waals surface area contributed by atoms with Gasteiger partial charge in [-0.15, -0.1) is 0 Å². The van der Waals surface area contributed by atoms with E-state index >= 15 is 0 Å². The van der Waals surface area contributed by atoms with Crippen LogP contribution in [0.25, 0.3) is 0 Å². The van der Waals surface area contributed by atoms with Crippen molar-refractivity contribution in [3.63, 3.8) is 0 Å². The Bertz CT molecular complexity index is 1030. The molecule has 3 rings (SSSR count). The number of carbonyl (C=O) groups is 2. The zero-order chi connectivity index (χ0) is 21.3. The van der Waals surface area contributed by atoms with E-state index in [0.29, 0.717) is 17.5 Å². The van der Waals surface area contributed by atoms with Crippen LogP contribution in [-0.4, -0.2) is 49.5 Å². The number of carbonyl (C=O) groups excluding carboxylic acids is 1. The van der Waals surface area contributed by atoms with E-state index in [9.17, 15) is 23.1 Å². The average molecular weight is 458 g/mol. The standard InChI is InChI=1S/C19H17Cl2NO6S/c1-28-19(25)12-4-2-11(3-5-12)16-6-7-22(17(16)18(23)24)29(26,27)15-9-13(20)8-14(21)10-15/h2-5,8-10,16-17H,6-7H2,1H3,(H,23,24)/t16-,17?/m0/s1. The molecule has 0 aliphatic carbocycles. The van der Waals surface area contributed by atoms with E-state index in [1.54, 1.807) is 12.1 Å². The van der Waals surface area contributed by atoms with Gasteiger partial charge in [0.2, 0.25) is 10.0 Å². The summed E-state index contributed by atoms with van der Waals surface area (Å²) in [5.41, 5.74) is 0.936. The highest BCUT2D eigenvalue weighted by atomic mass is 35.5. The molecule has 0 bridgehead atoms. The molecule has 1 aliphatic heterocycles. The van der Waals surface area contributed by atoms with Crippen LogP contribution >= 0.6 is 23.2 Å². The molecule has 1 aliphatic rings. The number of aliphatic carboxylic acids is 1. The third kappa shape index (κ3) is 4.25. The fraction of sp³-hybridized carbons (Fsp3) is 0.263. The lowest BCUT2D eigenvalue weighted by Crippen LogP contribution is -2.42. The zero-order valence-electron chi connectivity index (χ0n) is 15.2. The van der Waals surface area contributed by atoms with Crippen LogP contribution in [0.3, 0.4) is 0 Å². The highest BCUT2D eigenvalue weighted by molar-refractivity contribution is 7.89. The maximum atomic E-state index is 13.1. The summed E-state index contributed by atoms with van der Waals surface area (Å²) >= 11 is 11.8. The number of sulfonamides is 1. The monoisotopic (exact) mass is 457 g/mol. The number of esters is 1. The number of halogens is 2. The van der Waals surface area contributed by atoms with Crippen LogP contribution in [0, 0.1) is 0 Å². The van der Waals surface area contributed by atoms with Crippen LogP contribution in [0.2, 0.25) is 10.0 Å². The van der Waals surface area contributed by atoms with Gasteiger partial charge in [-0.25, -0.2) is 13.2 Å². The van der Waals surface area contributed by atoms with Crippen LogP contribution in [-0.2, 0) is 19.6 Å². The van der Waals surface area contributed by atoms with Gasteiger partial charge in [-0.3, -0.25) is 4.79 Å². The first-order valence-electron chi connectivity index (χ1n) is 8.54. The number of ether oxygens (including phenoxy) is 1. The lowest BCUT2D eigenvalue weighted by atomic mass is 9.91. The molecule has 10 heteroatoms. The first kappa shape index (κ1) is 21.6. The van der Waals surface area contributed by atoms with Crippen molar-refractivity contribution in [2.45, 2.75) is 23.3 Å². The average Bonchev–Trinajstić information content (AvgIpc) is 3.13. The third-order valence-electron chi connectivity index (χ3n) is 4.81. The summed E-state index contributed by atoms with van der Waals surface area (Å²) in [6.45, 7) is 0.0207. The highest BCUT2D eigenvalue weighted by Crippen LogP contribution is 2.38. The summed E-state index contributed by atoms with van der Waals surface area (Å²) in [7, 11) is -2.87. The second-order valence-electron chi connectivity index (χ2n) is 6.51. The van der Waals surface area contributed by atoms with Gasteiger partial charge in [0.15, 0.2) is 0 Å². The molecule has 1 saturated heterocycles. The second kappa shape index (κ2) is 8.31. The normalized spacial score (nSPS) is 19.8. The summed E-state index contributed by atoms with van der Waals surface area (Å²) in [5, 5.41) is 10.1. The SMILES string of the molecule is COC(=O)c1ccc([C@@H]2CCN(S(=O)(=O)c3cc(Cl)cc(Cl)c3)C2C(=O)O)cc1. The Labute approximate surface area is 177 Å². The lowest BCUT2D eigenvalue weighted by Gasteiger charge is -2.24. The minimum absolute atomic E-state index is 0.0207. The van der Waals surface area contributed by atoms with Gasteiger partial charge in [-0.05, 0) is 42.3 Å². The van der Waals surface area contributed by atoms with Crippen molar-refractivity contribution in [3.05, 3.63) is 63.6 Å². The number of benzene rings is 2. The second-order valence-corrected chi connectivity index (χ2v) is 9.28. The maximum absolute atomic E-state index is 13.1. The van der Waals surface area contributed by atoms with Crippen molar-refractivity contribution >= 4 is 45.2 Å². The molecule has 1 N–H and O–H groups in total. The molecule has 29 heavy (non-hydrogen) atoms. The Morgan fingerprint density at radius 3 is 2.21 bits per heavy atom. The molecule has 0 spiro atoms. The third-order valence-corrected chi connectivity index (χ3v) is 7.10. The molecule has 2 atom stereocenters. The Morgan fingerprint density at radius 1 is 1.10 bits per heavy atom. The zero-order valence-corrected chi connectivity index (χ0v) is 17.5. The van der Waals surface area contributed by atoms with Crippen molar-refractivity contribution in [3.8, 4) is 0 Å². The molecular weight excluding hydrogens is 441 g/mol. The minimum Gasteiger partial charge on any atom is -0.480 e. The summed E-state index contributed by atoms with van der Waals surface area (Å²) in [4.78, 5) is 23.4. The van der Waals surface area contributed by atoms with Gasteiger partial charge in [0.25, 0.3) is 0 Å². The van der Waals surface area contributed by atoms with Crippen molar-refractivity contribution in [1.82, 2.24) is 4.31 Å². The van der Waals surface area contributed by atoms with Crippen LogP contribution in [0.5, 0.6) is 0 Å². The lowest BCUT2D eigenvalue weighted by molar-refractivity contribution is -0.141. The van der Waals surface area contributed by atoms with E-state index in [1.807, 2.05) is 0 Å². The van der Waals surface area contributed by atoms with Crippen molar-refractivity contribution in [2.75, 3.05) is 13.7 Å². The number of carboxylic acid groups (broad SMARTS) is 1. The summed E-state index contributed by atoms with van der Waals surface area (Å²) in [5.74, 6) is -2.36. The fourth-order valence-electron chi connectivity index (χ4n) is 3.48. The molecule has 2 aromatic carbocycles. The van der Waals surface area contributed by atoms with Crippen molar-refractivity contribution in [1.29, 1.82) is 0 Å². The van der Waals surface area contributed by atoms with E-state index in [0.717, 1.165) is 4.31 Å². The quantitative estimate of drug-likeness (QED) is 0.690. The van der Waals surface area contributed by atoms with Gasteiger partial charge in [0.1, 0.15) is 6.04 Å². The van der Waals surface area contributed by atoms with E-state index < -0.39 is 33.9 Å². The van der Waals surface area contributed by atoms with Crippen LogP contribution in [0.15, 0.2) is 47.4 Å². The molecule has 0 saturated carbocycles. The predicted octanol–water partition coefficient (Wildman–Crippen LogP) is 3.41. The number of carboxylic acids is 1. The summed E-state index contributed by atoms with van der Waals surface area (Å²) < 4.78 is 31.8. The Hall–Kier alpha value is -2.13. The van der Waals surface area contributed by atoms with E-state index in [2.05, 4.69) is 4.74 Å². The van der Waals surface area contributed by atoms with Crippen molar-refractivity contribution < 1.29 is 27.9 Å². The Morgan fingerprint density at radius 2 is 1.69 bits per heavy atom. The molecular formula is C19H17Cl2NO6S. The smallest absolute Gasteiger partial charge is 0.337 e. The Balaban J connectivity index is 1.96. The first-order chi connectivity index (χ1) is 13.6. The van der Waals surface area contributed by atoms with Crippen LogP contribution < -0.4 is 0 Å².